The van der Waals surface area contributed by atoms with Crippen molar-refractivity contribution in [1.29, 1.82) is 0 Å². The number of aliphatic hydroxyl groups excluding tert-OH is 1. The molecule has 0 amide bonds. The van der Waals surface area contributed by atoms with Crippen LogP contribution in [0.2, 0.25) is 0 Å². The van der Waals surface area contributed by atoms with Crippen LogP contribution in [0, 0.1) is 0 Å². The molecule has 5 nitrogen and oxygen atoms in total. The van der Waals surface area contributed by atoms with Crippen molar-refractivity contribution in [3.8, 4) is 0 Å². The van der Waals surface area contributed by atoms with E-state index in [1.165, 1.54) is 161 Å². The second kappa shape index (κ2) is 27.9. The van der Waals surface area contributed by atoms with E-state index in [2.05, 4.69) is 40.9 Å². The van der Waals surface area contributed by atoms with E-state index < -0.39 is 0 Å². The van der Waals surface area contributed by atoms with Gasteiger partial charge >= 0.3 is 0 Å². The van der Waals surface area contributed by atoms with Crippen LogP contribution in [-0.2, 0) is 0 Å². The third-order valence-corrected chi connectivity index (χ3v) is 8.72. The fourth-order valence-corrected chi connectivity index (χ4v) is 5.82. The van der Waals surface area contributed by atoms with Crippen LogP contribution in [0.3, 0.4) is 0 Å². The maximum Gasteiger partial charge on any atom is 0.0667 e. The van der Waals surface area contributed by atoms with E-state index >= 15 is 0 Å². The Morgan fingerprint density at radius 1 is 0.615 bits per heavy atom. The molecule has 1 fully saturated rings. The molecule has 0 aromatic carbocycles. The third-order valence-electron chi connectivity index (χ3n) is 8.72. The molecule has 1 heterocycles. The van der Waals surface area contributed by atoms with Crippen molar-refractivity contribution in [2.45, 2.75) is 148 Å². The average molecular weight is 553 g/mol. The van der Waals surface area contributed by atoms with Gasteiger partial charge in [-0.05, 0) is 52.4 Å². The molecule has 0 aromatic heterocycles. The van der Waals surface area contributed by atoms with Crippen LogP contribution in [0.5, 0.6) is 0 Å². The van der Waals surface area contributed by atoms with Gasteiger partial charge in [0, 0.05) is 45.8 Å². The molecule has 0 aliphatic carbocycles. The summed E-state index contributed by atoms with van der Waals surface area (Å²) < 4.78 is 0. The van der Waals surface area contributed by atoms with Gasteiger partial charge in [-0.3, -0.25) is 9.80 Å². The summed E-state index contributed by atoms with van der Waals surface area (Å²) in [4.78, 5) is 7.62. The topological polar surface area (TPSA) is 42.0 Å². The fraction of sp³-hybridized carbons (Fsp3) is 1.00. The van der Waals surface area contributed by atoms with Crippen LogP contribution < -0.4 is 5.32 Å². The summed E-state index contributed by atoms with van der Waals surface area (Å²) in [6.07, 6.45) is 26.6. The van der Waals surface area contributed by atoms with Crippen LogP contribution in [0.15, 0.2) is 0 Å². The second-order valence-corrected chi connectivity index (χ2v) is 12.6. The maximum absolute atomic E-state index is 10.8. The standard InChI is InChI=1S/C34H72N4O/c1-4-6-8-10-12-14-16-19-23-34(39)33-38(32-31-37-29-27-36(3)28-30-37)26-22-18-21-25-35-24-20-17-15-13-11-9-7-5-2/h34-35,39H,4-33H2,1-3H3. The Hall–Kier alpha value is -0.200. The van der Waals surface area contributed by atoms with Gasteiger partial charge in [0.2, 0.25) is 0 Å². The lowest BCUT2D eigenvalue weighted by molar-refractivity contribution is 0.0861. The van der Waals surface area contributed by atoms with E-state index in [0.717, 1.165) is 32.6 Å². The molecule has 0 aromatic rings. The molecular weight excluding hydrogens is 480 g/mol. The Morgan fingerprint density at radius 3 is 1.67 bits per heavy atom. The predicted molar refractivity (Wildman–Crippen MR) is 173 cm³/mol. The first-order chi connectivity index (χ1) is 19.2. The number of rotatable bonds is 29. The molecule has 0 saturated carbocycles. The SMILES string of the molecule is CCCCCCCCCCNCCCCCN(CCN1CCN(C)CC1)CC(O)CCCCCCCCCC. The molecule has 234 valence electrons. The number of nitrogens with one attached hydrogen (secondary N) is 1. The van der Waals surface area contributed by atoms with Gasteiger partial charge in [0.15, 0.2) is 0 Å². The molecule has 0 spiro atoms. The van der Waals surface area contributed by atoms with E-state index in [9.17, 15) is 5.11 Å². The highest BCUT2D eigenvalue weighted by Gasteiger charge is 2.16. The van der Waals surface area contributed by atoms with Gasteiger partial charge in [-0.2, -0.15) is 0 Å². The van der Waals surface area contributed by atoms with Gasteiger partial charge in [0.25, 0.3) is 0 Å². The van der Waals surface area contributed by atoms with Gasteiger partial charge in [0.05, 0.1) is 6.10 Å². The van der Waals surface area contributed by atoms with Crippen molar-refractivity contribution in [3.05, 3.63) is 0 Å². The molecule has 1 aliphatic rings. The van der Waals surface area contributed by atoms with Crippen molar-refractivity contribution >= 4 is 0 Å². The number of hydrogen-bond donors (Lipinski definition) is 2. The van der Waals surface area contributed by atoms with E-state index in [1.54, 1.807) is 0 Å². The lowest BCUT2D eigenvalue weighted by atomic mass is 10.1. The monoisotopic (exact) mass is 553 g/mol. The zero-order chi connectivity index (χ0) is 28.2. The van der Waals surface area contributed by atoms with Gasteiger partial charge < -0.3 is 15.3 Å². The lowest BCUT2D eigenvalue weighted by Crippen LogP contribution is -2.47. The molecule has 5 heteroatoms. The summed E-state index contributed by atoms with van der Waals surface area (Å²) in [5.74, 6) is 0. The average Bonchev–Trinajstić information content (AvgIpc) is 2.94. The molecular formula is C34H72N4O. The van der Waals surface area contributed by atoms with Crippen LogP contribution in [0.25, 0.3) is 0 Å². The number of likely N-dealkylation sites (N-methyl/N-ethyl adjacent to an activating group) is 1. The minimum absolute atomic E-state index is 0.161. The summed E-state index contributed by atoms with van der Waals surface area (Å²) in [5.41, 5.74) is 0. The minimum atomic E-state index is -0.161. The van der Waals surface area contributed by atoms with Gasteiger partial charge in [0.1, 0.15) is 0 Å². The Morgan fingerprint density at radius 2 is 1.10 bits per heavy atom. The van der Waals surface area contributed by atoms with Crippen LogP contribution >= 0.6 is 0 Å². The summed E-state index contributed by atoms with van der Waals surface area (Å²) >= 11 is 0. The highest BCUT2D eigenvalue weighted by Crippen LogP contribution is 2.12. The quantitative estimate of drug-likeness (QED) is 0.0951. The Labute approximate surface area is 245 Å². The van der Waals surface area contributed by atoms with E-state index in [4.69, 9.17) is 0 Å². The molecule has 0 bridgehead atoms. The molecule has 1 rings (SSSR count). The molecule has 39 heavy (non-hydrogen) atoms. The summed E-state index contributed by atoms with van der Waals surface area (Å²) in [7, 11) is 2.23. The number of nitrogens with zero attached hydrogens (tertiary/aromatic N) is 3. The lowest BCUT2D eigenvalue weighted by Gasteiger charge is -2.34. The number of piperazine rings is 1. The third kappa shape index (κ3) is 24.1. The fourth-order valence-electron chi connectivity index (χ4n) is 5.82. The highest BCUT2D eigenvalue weighted by molar-refractivity contribution is 4.73. The molecule has 1 atom stereocenters. The summed E-state index contributed by atoms with van der Waals surface area (Å²) in [6, 6.07) is 0. The van der Waals surface area contributed by atoms with Crippen molar-refractivity contribution in [3.63, 3.8) is 0 Å². The van der Waals surface area contributed by atoms with E-state index in [0.29, 0.717) is 0 Å². The smallest absolute Gasteiger partial charge is 0.0667 e. The number of unbranched alkanes of at least 4 members (excludes halogenated alkanes) is 16. The predicted octanol–water partition coefficient (Wildman–Crippen LogP) is 7.33. The van der Waals surface area contributed by atoms with Crippen molar-refractivity contribution in [2.75, 3.05) is 72.5 Å². The Kier molecular flexibility index (Phi) is 26.4. The van der Waals surface area contributed by atoms with Gasteiger partial charge in [-0.25, -0.2) is 0 Å². The van der Waals surface area contributed by atoms with Crippen molar-refractivity contribution in [1.82, 2.24) is 20.0 Å². The van der Waals surface area contributed by atoms with Gasteiger partial charge in [-0.15, -0.1) is 0 Å². The minimum Gasteiger partial charge on any atom is -0.392 e. The number of hydrogen-bond acceptors (Lipinski definition) is 5. The van der Waals surface area contributed by atoms with Crippen LogP contribution in [-0.4, -0.2) is 98.4 Å². The maximum atomic E-state index is 10.8. The Bertz CT molecular complexity index is 484. The summed E-state index contributed by atoms with van der Waals surface area (Å²) in [5, 5.41) is 14.5. The molecule has 2 N–H and O–H groups in total. The second-order valence-electron chi connectivity index (χ2n) is 12.6. The normalized spacial score (nSPS) is 15.9. The van der Waals surface area contributed by atoms with Crippen molar-refractivity contribution in [2.24, 2.45) is 0 Å². The number of aliphatic hydroxyl groups is 1. The largest absolute Gasteiger partial charge is 0.392 e. The first-order valence-corrected chi connectivity index (χ1v) is 17.7. The molecule has 1 aliphatic heterocycles. The zero-order valence-corrected chi connectivity index (χ0v) is 27.1. The molecule has 1 unspecified atom stereocenters. The first-order valence-electron chi connectivity index (χ1n) is 17.7. The molecule has 0 radical (unpaired) electrons. The molecule has 1 saturated heterocycles. The first kappa shape index (κ1) is 36.8. The highest BCUT2D eigenvalue weighted by atomic mass is 16.3. The van der Waals surface area contributed by atoms with E-state index in [-0.39, 0.29) is 6.10 Å². The van der Waals surface area contributed by atoms with Crippen molar-refractivity contribution < 1.29 is 5.11 Å². The Balaban J connectivity index is 2.14. The van der Waals surface area contributed by atoms with Gasteiger partial charge in [-0.1, -0.05) is 117 Å². The zero-order valence-electron chi connectivity index (χ0n) is 27.1. The summed E-state index contributed by atoms with van der Waals surface area (Å²) in [6.45, 7) is 15.9. The van der Waals surface area contributed by atoms with E-state index in [1.807, 2.05) is 0 Å². The van der Waals surface area contributed by atoms with Crippen LogP contribution in [0.1, 0.15) is 142 Å². The van der Waals surface area contributed by atoms with Crippen LogP contribution in [0.4, 0.5) is 0 Å².